The molecule has 1 aliphatic heterocycles. The Morgan fingerprint density at radius 1 is 1.43 bits per heavy atom. The van der Waals surface area contributed by atoms with Crippen molar-refractivity contribution in [3.8, 4) is 0 Å². The minimum absolute atomic E-state index is 0.0956. The minimum Gasteiger partial charge on any atom is -0.444 e. The average Bonchev–Trinajstić information content (AvgIpc) is 2.93. The van der Waals surface area contributed by atoms with E-state index in [9.17, 15) is 4.79 Å². The van der Waals surface area contributed by atoms with E-state index < -0.39 is 5.60 Å². The van der Waals surface area contributed by atoms with Gasteiger partial charge in [-0.2, -0.15) is 5.10 Å². The van der Waals surface area contributed by atoms with E-state index in [0.717, 1.165) is 18.9 Å². The zero-order valence-corrected chi connectivity index (χ0v) is 14.5. The standard InChI is InChI=1S/C15H28N6O2/c1-5-21-13(17-11-18-21)10-19-6-7-20(9-12(19)8-16)14(22)23-15(2,3)4/h11-12H,5-10,16H2,1-4H3. The van der Waals surface area contributed by atoms with Crippen molar-refractivity contribution in [1.82, 2.24) is 24.6 Å². The average molecular weight is 324 g/mol. The summed E-state index contributed by atoms with van der Waals surface area (Å²) in [4.78, 5) is 20.5. The Hall–Kier alpha value is -1.67. The van der Waals surface area contributed by atoms with E-state index >= 15 is 0 Å². The zero-order valence-electron chi connectivity index (χ0n) is 14.5. The van der Waals surface area contributed by atoms with Crippen LogP contribution in [0.15, 0.2) is 6.33 Å². The summed E-state index contributed by atoms with van der Waals surface area (Å²) in [5.41, 5.74) is 5.44. The first kappa shape index (κ1) is 17.7. The number of nitrogens with two attached hydrogens (primary N) is 1. The number of aryl methyl sites for hydroxylation is 1. The van der Waals surface area contributed by atoms with Gasteiger partial charge in [-0.1, -0.05) is 0 Å². The Morgan fingerprint density at radius 3 is 2.78 bits per heavy atom. The Balaban J connectivity index is 1.97. The van der Waals surface area contributed by atoms with Crippen LogP contribution in [0.25, 0.3) is 0 Å². The van der Waals surface area contributed by atoms with E-state index in [0.29, 0.717) is 26.2 Å². The second-order valence-electron chi connectivity index (χ2n) is 6.78. The van der Waals surface area contributed by atoms with Crippen molar-refractivity contribution in [3.05, 3.63) is 12.2 Å². The number of aromatic nitrogens is 3. The maximum atomic E-state index is 12.2. The monoisotopic (exact) mass is 324 g/mol. The number of carbonyl (C=O) groups excluding carboxylic acids is 1. The Bertz CT molecular complexity index is 524. The molecule has 0 aliphatic carbocycles. The first-order valence-electron chi connectivity index (χ1n) is 8.12. The second-order valence-corrected chi connectivity index (χ2v) is 6.78. The molecule has 1 aliphatic rings. The van der Waals surface area contributed by atoms with Gasteiger partial charge < -0.3 is 15.4 Å². The van der Waals surface area contributed by atoms with Gasteiger partial charge in [-0.15, -0.1) is 0 Å². The van der Waals surface area contributed by atoms with Gasteiger partial charge in [0.25, 0.3) is 0 Å². The number of hydrogen-bond donors (Lipinski definition) is 1. The molecule has 0 aromatic carbocycles. The van der Waals surface area contributed by atoms with Crippen molar-refractivity contribution >= 4 is 6.09 Å². The van der Waals surface area contributed by atoms with Crippen molar-refractivity contribution < 1.29 is 9.53 Å². The van der Waals surface area contributed by atoms with Gasteiger partial charge >= 0.3 is 6.09 Å². The fraction of sp³-hybridized carbons (Fsp3) is 0.800. The molecule has 23 heavy (non-hydrogen) atoms. The van der Waals surface area contributed by atoms with E-state index in [1.54, 1.807) is 11.2 Å². The van der Waals surface area contributed by atoms with Crippen LogP contribution in [0, 0.1) is 0 Å². The predicted molar refractivity (Wildman–Crippen MR) is 86.8 cm³/mol. The zero-order chi connectivity index (χ0) is 17.0. The fourth-order valence-electron chi connectivity index (χ4n) is 2.67. The summed E-state index contributed by atoms with van der Waals surface area (Å²) in [5.74, 6) is 0.927. The van der Waals surface area contributed by atoms with E-state index in [1.165, 1.54) is 0 Å². The van der Waals surface area contributed by atoms with Crippen molar-refractivity contribution in [2.24, 2.45) is 5.73 Å². The maximum Gasteiger partial charge on any atom is 0.410 e. The third-order valence-corrected chi connectivity index (χ3v) is 3.87. The number of carbonyl (C=O) groups is 1. The molecule has 0 saturated carbocycles. The van der Waals surface area contributed by atoms with Gasteiger partial charge in [-0.05, 0) is 27.7 Å². The van der Waals surface area contributed by atoms with Crippen LogP contribution in [0.1, 0.15) is 33.5 Å². The minimum atomic E-state index is -0.482. The summed E-state index contributed by atoms with van der Waals surface area (Å²) in [6, 6.07) is 0.0956. The van der Waals surface area contributed by atoms with Crippen molar-refractivity contribution in [3.63, 3.8) is 0 Å². The molecule has 1 unspecified atom stereocenters. The first-order chi connectivity index (χ1) is 10.8. The topological polar surface area (TPSA) is 89.5 Å². The summed E-state index contributed by atoms with van der Waals surface area (Å²) in [7, 11) is 0. The smallest absolute Gasteiger partial charge is 0.410 e. The summed E-state index contributed by atoms with van der Waals surface area (Å²) >= 11 is 0. The molecular weight excluding hydrogens is 296 g/mol. The Labute approximate surface area is 137 Å². The van der Waals surface area contributed by atoms with Crippen LogP contribution in [0.4, 0.5) is 4.79 Å². The van der Waals surface area contributed by atoms with Gasteiger partial charge in [0.2, 0.25) is 0 Å². The van der Waals surface area contributed by atoms with Gasteiger partial charge in [-0.25, -0.2) is 14.5 Å². The molecule has 1 aromatic rings. The maximum absolute atomic E-state index is 12.2. The summed E-state index contributed by atoms with van der Waals surface area (Å²) in [6.07, 6.45) is 1.31. The molecule has 0 radical (unpaired) electrons. The number of ether oxygens (including phenoxy) is 1. The lowest BCUT2D eigenvalue weighted by molar-refractivity contribution is 0.00297. The molecule has 0 spiro atoms. The molecule has 1 aromatic heterocycles. The van der Waals surface area contributed by atoms with E-state index in [-0.39, 0.29) is 12.1 Å². The summed E-state index contributed by atoms with van der Waals surface area (Å²) < 4.78 is 7.33. The van der Waals surface area contributed by atoms with E-state index in [1.807, 2.05) is 32.4 Å². The van der Waals surface area contributed by atoms with Gasteiger partial charge in [-0.3, -0.25) is 4.90 Å². The van der Waals surface area contributed by atoms with Gasteiger partial charge in [0.15, 0.2) is 0 Å². The van der Waals surface area contributed by atoms with Crippen molar-refractivity contribution in [1.29, 1.82) is 0 Å². The van der Waals surface area contributed by atoms with Crippen LogP contribution in [0.5, 0.6) is 0 Å². The highest BCUT2D eigenvalue weighted by Gasteiger charge is 2.31. The summed E-state index contributed by atoms with van der Waals surface area (Å²) in [6.45, 7) is 11.6. The highest BCUT2D eigenvalue weighted by atomic mass is 16.6. The molecule has 8 nitrogen and oxygen atoms in total. The lowest BCUT2D eigenvalue weighted by Crippen LogP contribution is -2.57. The molecule has 1 atom stereocenters. The lowest BCUT2D eigenvalue weighted by Gasteiger charge is -2.40. The molecule has 1 fully saturated rings. The van der Waals surface area contributed by atoms with Crippen LogP contribution >= 0.6 is 0 Å². The van der Waals surface area contributed by atoms with Gasteiger partial charge in [0.1, 0.15) is 17.8 Å². The molecule has 0 bridgehead atoms. The van der Waals surface area contributed by atoms with Crippen molar-refractivity contribution in [2.75, 3.05) is 26.2 Å². The van der Waals surface area contributed by atoms with Crippen LogP contribution in [-0.2, 0) is 17.8 Å². The van der Waals surface area contributed by atoms with Crippen LogP contribution in [-0.4, -0.2) is 68.5 Å². The number of hydrogen-bond acceptors (Lipinski definition) is 6. The predicted octanol–water partition coefficient (Wildman–Crippen LogP) is 0.678. The number of piperazine rings is 1. The molecule has 1 amide bonds. The molecule has 2 heterocycles. The van der Waals surface area contributed by atoms with Gasteiger partial charge in [0.05, 0.1) is 6.54 Å². The highest BCUT2D eigenvalue weighted by Crippen LogP contribution is 2.16. The number of amides is 1. The third kappa shape index (κ3) is 4.65. The molecule has 8 heteroatoms. The van der Waals surface area contributed by atoms with Crippen molar-refractivity contribution in [2.45, 2.75) is 52.4 Å². The second kappa shape index (κ2) is 7.27. The summed E-state index contributed by atoms with van der Waals surface area (Å²) in [5, 5.41) is 4.20. The van der Waals surface area contributed by atoms with Gasteiger partial charge in [0, 0.05) is 38.8 Å². The van der Waals surface area contributed by atoms with Crippen LogP contribution < -0.4 is 5.73 Å². The van der Waals surface area contributed by atoms with Crippen LogP contribution in [0.3, 0.4) is 0 Å². The van der Waals surface area contributed by atoms with E-state index in [4.69, 9.17) is 10.5 Å². The number of rotatable bonds is 4. The molecule has 130 valence electrons. The normalized spacial score (nSPS) is 19.9. The first-order valence-corrected chi connectivity index (χ1v) is 8.12. The third-order valence-electron chi connectivity index (χ3n) is 3.87. The van der Waals surface area contributed by atoms with E-state index in [2.05, 4.69) is 15.0 Å². The Morgan fingerprint density at radius 2 is 2.17 bits per heavy atom. The highest BCUT2D eigenvalue weighted by molar-refractivity contribution is 5.68. The lowest BCUT2D eigenvalue weighted by atomic mass is 10.1. The van der Waals surface area contributed by atoms with Crippen LogP contribution in [0.2, 0.25) is 0 Å². The SMILES string of the molecule is CCn1ncnc1CN1CCN(C(=O)OC(C)(C)C)CC1CN. The largest absolute Gasteiger partial charge is 0.444 e. The molecular formula is C15H28N6O2. The number of nitrogens with zero attached hydrogens (tertiary/aromatic N) is 5. The molecule has 1 saturated heterocycles. The quantitative estimate of drug-likeness (QED) is 0.876. The Kier molecular flexibility index (Phi) is 5.59. The molecule has 2 N–H and O–H groups in total. The molecule has 2 rings (SSSR count). The fourth-order valence-corrected chi connectivity index (χ4v) is 2.67.